The number of nitrogens with zero attached hydrogens (tertiary/aromatic N) is 4. The minimum absolute atomic E-state index is 0.522. The van der Waals surface area contributed by atoms with Crippen LogP contribution in [0.1, 0.15) is 5.69 Å². The Balaban J connectivity index is 2.11. The van der Waals surface area contributed by atoms with Gasteiger partial charge in [-0.05, 0) is 54.5 Å². The Morgan fingerprint density at radius 1 is 1.00 bits per heavy atom. The zero-order valence-corrected chi connectivity index (χ0v) is 18.0. The number of halogens is 1. The van der Waals surface area contributed by atoms with Gasteiger partial charge in [0.2, 0.25) is 5.16 Å². The fraction of sp³-hybridized carbons (Fsp3) is 0.190. The first-order valence-corrected chi connectivity index (χ1v) is 10.4. The molecule has 0 saturated carbocycles. The smallest absolute Gasteiger partial charge is 0.256 e. The van der Waals surface area contributed by atoms with E-state index < -0.39 is 0 Å². The number of aryl methyl sites for hydroxylation is 1. The average molecular weight is 427 g/mol. The van der Waals surface area contributed by atoms with E-state index in [-0.39, 0.29) is 0 Å². The molecule has 4 aromatic rings. The van der Waals surface area contributed by atoms with Gasteiger partial charge in [-0.15, -0.1) is 10.2 Å². The third kappa shape index (κ3) is 3.52. The third-order valence-electron chi connectivity index (χ3n) is 4.67. The number of aromatic nitrogens is 4. The third-order valence-corrected chi connectivity index (χ3v) is 5.46. The summed E-state index contributed by atoms with van der Waals surface area (Å²) in [6.07, 6.45) is 1.93. The lowest BCUT2D eigenvalue weighted by molar-refractivity contribution is -0.598. The van der Waals surface area contributed by atoms with E-state index in [4.69, 9.17) is 21.1 Å². The molecular formula is C21H19ClN4O2S. The summed E-state index contributed by atoms with van der Waals surface area (Å²) in [4.78, 5) is 4.57. The van der Waals surface area contributed by atoms with Crippen LogP contribution in [0, 0.1) is 6.92 Å². The molecule has 0 amide bonds. The molecule has 2 aromatic heterocycles. The van der Waals surface area contributed by atoms with E-state index in [1.807, 2.05) is 54.1 Å². The lowest BCUT2D eigenvalue weighted by Gasteiger charge is -2.19. The number of hydrogen-bond acceptors (Lipinski definition) is 5. The molecule has 0 fully saturated rings. The monoisotopic (exact) mass is 426 g/mol. The van der Waals surface area contributed by atoms with Gasteiger partial charge in [0.15, 0.2) is 11.5 Å². The number of fused-ring (bicyclic) bond motifs is 1. The number of pyridine rings is 1. The molecule has 4 rings (SSSR count). The predicted molar refractivity (Wildman–Crippen MR) is 114 cm³/mol. The molecule has 0 aliphatic rings. The fourth-order valence-corrected chi connectivity index (χ4v) is 3.78. The summed E-state index contributed by atoms with van der Waals surface area (Å²) in [7, 11) is 3.26. The maximum atomic E-state index is 6.13. The van der Waals surface area contributed by atoms with Crippen LogP contribution < -0.4 is 19.0 Å². The first-order valence-electron chi connectivity index (χ1n) is 8.84. The van der Waals surface area contributed by atoms with Crippen molar-refractivity contribution in [3.05, 3.63) is 53.2 Å². The van der Waals surface area contributed by atoms with Crippen LogP contribution in [0.4, 0.5) is 0 Å². The topological polar surface area (TPSA) is 62.2 Å². The van der Waals surface area contributed by atoms with Gasteiger partial charge in [0.25, 0.3) is 5.95 Å². The van der Waals surface area contributed by atoms with Crippen molar-refractivity contribution < 1.29 is 14.0 Å². The standard InChI is InChI=1S/C21H19ClN4O2S/c1-12-9-14-10-17(27-2)18(28-3)11-16(14)19(13-5-7-15(22)8-6-13)26(12)20-23-21(29-4)25-24-20/h5-11H,1-4H3. The molecule has 0 atom stereocenters. The summed E-state index contributed by atoms with van der Waals surface area (Å²) in [5.41, 5.74) is 2.87. The molecule has 0 aliphatic carbocycles. The summed E-state index contributed by atoms with van der Waals surface area (Å²) >= 11 is 7.59. The number of benzene rings is 2. The number of ether oxygens (including phenoxy) is 2. The molecule has 0 saturated heterocycles. The molecule has 0 N–H and O–H groups in total. The van der Waals surface area contributed by atoms with Gasteiger partial charge in [-0.3, -0.25) is 4.57 Å². The largest absolute Gasteiger partial charge is 0.493 e. The minimum atomic E-state index is 0.522. The fourth-order valence-electron chi connectivity index (χ4n) is 3.35. The quantitative estimate of drug-likeness (QED) is 0.351. The summed E-state index contributed by atoms with van der Waals surface area (Å²) < 4.78 is 13.0. The van der Waals surface area contributed by atoms with E-state index >= 15 is 0 Å². The van der Waals surface area contributed by atoms with Crippen molar-refractivity contribution in [1.29, 1.82) is 0 Å². The molecule has 29 heavy (non-hydrogen) atoms. The highest BCUT2D eigenvalue weighted by molar-refractivity contribution is 7.98. The first kappa shape index (κ1) is 19.5. The van der Waals surface area contributed by atoms with Crippen LogP contribution in [-0.2, 0) is 0 Å². The van der Waals surface area contributed by atoms with E-state index in [0.29, 0.717) is 27.6 Å². The summed E-state index contributed by atoms with van der Waals surface area (Å²) in [6.45, 7) is 2.02. The van der Waals surface area contributed by atoms with Gasteiger partial charge in [0.1, 0.15) is 0 Å². The molecule has 0 radical (unpaired) electrons. The van der Waals surface area contributed by atoms with Crippen molar-refractivity contribution in [2.24, 2.45) is 0 Å². The SMILES string of the molecule is COc1cc2cc(C)[n+](-c3nnc(SC)[n-]3)c(-c3ccc(Cl)cc3)c2cc1OC. The van der Waals surface area contributed by atoms with Gasteiger partial charge < -0.3 is 9.47 Å². The minimum Gasteiger partial charge on any atom is -0.493 e. The van der Waals surface area contributed by atoms with E-state index in [1.54, 1.807) is 14.2 Å². The average Bonchev–Trinajstić information content (AvgIpc) is 3.21. The van der Waals surface area contributed by atoms with E-state index in [9.17, 15) is 0 Å². The van der Waals surface area contributed by atoms with Gasteiger partial charge in [-0.25, -0.2) is 0 Å². The second-order valence-corrected chi connectivity index (χ2v) is 7.58. The van der Waals surface area contributed by atoms with Crippen LogP contribution in [0.25, 0.3) is 28.0 Å². The molecule has 0 unspecified atom stereocenters. The Morgan fingerprint density at radius 3 is 2.31 bits per heavy atom. The molecule has 8 heteroatoms. The second kappa shape index (κ2) is 7.93. The highest BCUT2D eigenvalue weighted by Gasteiger charge is 2.19. The lowest BCUT2D eigenvalue weighted by atomic mass is 10.0. The van der Waals surface area contributed by atoms with Crippen LogP contribution in [-0.4, -0.2) is 30.7 Å². The summed E-state index contributed by atoms with van der Waals surface area (Å²) in [5.74, 6) is 1.85. The zero-order chi connectivity index (χ0) is 20.5. The maximum Gasteiger partial charge on any atom is 0.256 e. The Kier molecular flexibility index (Phi) is 5.34. The molecule has 0 bridgehead atoms. The summed E-state index contributed by atoms with van der Waals surface area (Å²) in [5, 5.41) is 11.8. The highest BCUT2D eigenvalue weighted by atomic mass is 35.5. The van der Waals surface area contributed by atoms with Gasteiger partial charge >= 0.3 is 0 Å². The van der Waals surface area contributed by atoms with E-state index in [0.717, 1.165) is 27.7 Å². The van der Waals surface area contributed by atoms with Gasteiger partial charge in [-0.1, -0.05) is 35.5 Å². The Labute approximate surface area is 177 Å². The van der Waals surface area contributed by atoms with Gasteiger partial charge in [0.05, 0.1) is 19.9 Å². The van der Waals surface area contributed by atoms with Gasteiger partial charge in [-0.2, -0.15) is 4.98 Å². The van der Waals surface area contributed by atoms with Crippen molar-refractivity contribution >= 4 is 34.1 Å². The van der Waals surface area contributed by atoms with Crippen molar-refractivity contribution in [1.82, 2.24) is 15.2 Å². The maximum absolute atomic E-state index is 6.13. The van der Waals surface area contributed by atoms with Crippen molar-refractivity contribution in [3.8, 4) is 28.7 Å². The van der Waals surface area contributed by atoms with Crippen molar-refractivity contribution in [2.45, 2.75) is 12.1 Å². The van der Waals surface area contributed by atoms with Crippen LogP contribution >= 0.6 is 23.4 Å². The van der Waals surface area contributed by atoms with E-state index in [1.165, 1.54) is 11.8 Å². The molecular weight excluding hydrogens is 408 g/mol. The van der Waals surface area contributed by atoms with Crippen molar-refractivity contribution in [2.75, 3.05) is 20.5 Å². The highest BCUT2D eigenvalue weighted by Crippen LogP contribution is 2.36. The number of rotatable bonds is 5. The number of methoxy groups -OCH3 is 2. The zero-order valence-electron chi connectivity index (χ0n) is 16.4. The van der Waals surface area contributed by atoms with E-state index in [2.05, 4.69) is 21.2 Å². The normalized spacial score (nSPS) is 11.1. The molecule has 6 nitrogen and oxygen atoms in total. The van der Waals surface area contributed by atoms with Gasteiger partial charge in [0, 0.05) is 16.1 Å². The number of hydrogen-bond donors (Lipinski definition) is 0. The first-order chi connectivity index (χ1) is 14.0. The summed E-state index contributed by atoms with van der Waals surface area (Å²) in [6, 6.07) is 13.7. The molecule has 0 aliphatic heterocycles. The molecule has 2 aromatic carbocycles. The Morgan fingerprint density at radius 2 is 1.69 bits per heavy atom. The lowest BCUT2D eigenvalue weighted by Crippen LogP contribution is -2.39. The Bertz CT molecular complexity index is 1190. The van der Waals surface area contributed by atoms with Crippen LogP contribution in [0.15, 0.2) is 47.6 Å². The second-order valence-electron chi connectivity index (χ2n) is 6.37. The Hall–Kier alpha value is -2.77. The predicted octanol–water partition coefficient (Wildman–Crippen LogP) is 4.23. The van der Waals surface area contributed by atoms with Crippen molar-refractivity contribution in [3.63, 3.8) is 0 Å². The van der Waals surface area contributed by atoms with Crippen LogP contribution in [0.2, 0.25) is 5.02 Å². The molecule has 2 heterocycles. The van der Waals surface area contributed by atoms with Crippen LogP contribution in [0.3, 0.4) is 0 Å². The molecule has 0 spiro atoms. The van der Waals surface area contributed by atoms with Crippen LogP contribution in [0.5, 0.6) is 11.5 Å². The number of thioether (sulfide) groups is 1. The molecule has 148 valence electrons.